The van der Waals surface area contributed by atoms with E-state index >= 15 is 0 Å². The second-order valence-corrected chi connectivity index (χ2v) is 8.53. The second kappa shape index (κ2) is 4.91. The Morgan fingerprint density at radius 1 is 1.18 bits per heavy atom. The summed E-state index contributed by atoms with van der Waals surface area (Å²) in [5, 5.41) is 11.0. The molecule has 3 saturated carbocycles. The predicted octanol–water partition coefficient (Wildman–Crippen LogP) is 2.82. The van der Waals surface area contributed by atoms with E-state index in [0.717, 1.165) is 50.4 Å². The minimum Gasteiger partial charge on any atom is -0.388 e. The topological polar surface area (TPSA) is 63.3 Å². The van der Waals surface area contributed by atoms with Gasteiger partial charge in [-0.05, 0) is 74.7 Å². The zero-order valence-electron chi connectivity index (χ0n) is 13.7. The molecule has 3 heteroatoms. The van der Waals surface area contributed by atoms with Crippen LogP contribution in [0.25, 0.3) is 0 Å². The van der Waals surface area contributed by atoms with Gasteiger partial charge in [0, 0.05) is 18.4 Å². The maximum Gasteiger partial charge on any atom is 0.155 e. The van der Waals surface area contributed by atoms with E-state index in [1.54, 1.807) is 0 Å². The number of allylic oxidation sites excluding steroid dienone is 1. The van der Waals surface area contributed by atoms with Crippen LogP contribution >= 0.6 is 0 Å². The Morgan fingerprint density at radius 2 is 2.00 bits per heavy atom. The molecule has 0 aromatic heterocycles. The maximum absolute atomic E-state index is 11.7. The van der Waals surface area contributed by atoms with Gasteiger partial charge in [-0.15, -0.1) is 0 Å². The molecule has 3 nitrogen and oxygen atoms in total. The SMILES string of the molecule is C[C@]12CC[C@H]3[C@@H](CCC4=CC(=O)CC[C@@H]43)[C@@H]1CC[C@@]2(O)CN. The molecule has 3 N–H and O–H groups in total. The van der Waals surface area contributed by atoms with Crippen LogP contribution in [0.5, 0.6) is 0 Å². The molecule has 22 heavy (non-hydrogen) atoms. The lowest BCUT2D eigenvalue weighted by Gasteiger charge is -2.55. The molecule has 0 bridgehead atoms. The van der Waals surface area contributed by atoms with E-state index in [2.05, 4.69) is 6.92 Å². The van der Waals surface area contributed by atoms with Crippen molar-refractivity contribution < 1.29 is 9.90 Å². The van der Waals surface area contributed by atoms with Crippen LogP contribution in [0.1, 0.15) is 58.3 Å². The monoisotopic (exact) mass is 303 g/mol. The summed E-state index contributed by atoms with van der Waals surface area (Å²) in [6.07, 6.45) is 10.4. The Hall–Kier alpha value is -0.670. The molecule has 4 aliphatic carbocycles. The number of hydrogen-bond donors (Lipinski definition) is 2. The Labute approximate surface area is 133 Å². The highest BCUT2D eigenvalue weighted by molar-refractivity contribution is 5.91. The van der Waals surface area contributed by atoms with E-state index in [1.165, 1.54) is 18.4 Å². The van der Waals surface area contributed by atoms with Crippen LogP contribution in [-0.2, 0) is 4.79 Å². The third-order valence-corrected chi connectivity index (χ3v) is 7.96. The average Bonchev–Trinajstić information content (AvgIpc) is 2.79. The summed E-state index contributed by atoms with van der Waals surface area (Å²) >= 11 is 0. The van der Waals surface area contributed by atoms with Crippen molar-refractivity contribution in [2.24, 2.45) is 34.8 Å². The smallest absolute Gasteiger partial charge is 0.155 e. The maximum atomic E-state index is 11.7. The molecule has 0 unspecified atom stereocenters. The molecule has 3 fully saturated rings. The summed E-state index contributed by atoms with van der Waals surface area (Å²) < 4.78 is 0. The first-order valence-corrected chi connectivity index (χ1v) is 9.14. The van der Waals surface area contributed by atoms with Gasteiger partial charge in [-0.25, -0.2) is 0 Å². The molecule has 6 atom stereocenters. The van der Waals surface area contributed by atoms with Crippen molar-refractivity contribution in [2.75, 3.05) is 6.54 Å². The van der Waals surface area contributed by atoms with Crippen LogP contribution in [0.2, 0.25) is 0 Å². The van der Waals surface area contributed by atoms with Gasteiger partial charge in [0.2, 0.25) is 0 Å². The summed E-state index contributed by atoms with van der Waals surface area (Å²) in [7, 11) is 0. The molecular formula is C19H29NO2. The fraction of sp³-hybridized carbons (Fsp3) is 0.842. The minimum absolute atomic E-state index is 0.00855. The number of hydrogen-bond acceptors (Lipinski definition) is 3. The highest BCUT2D eigenvalue weighted by Crippen LogP contribution is 2.64. The predicted molar refractivity (Wildman–Crippen MR) is 86.1 cm³/mol. The van der Waals surface area contributed by atoms with Crippen molar-refractivity contribution in [3.63, 3.8) is 0 Å². The largest absolute Gasteiger partial charge is 0.388 e. The molecule has 0 aliphatic heterocycles. The Balaban J connectivity index is 1.63. The third kappa shape index (κ3) is 1.85. The van der Waals surface area contributed by atoms with Gasteiger partial charge in [0.1, 0.15) is 0 Å². The number of ketones is 1. The van der Waals surface area contributed by atoms with Crippen molar-refractivity contribution in [1.29, 1.82) is 0 Å². The van der Waals surface area contributed by atoms with E-state index in [4.69, 9.17) is 5.73 Å². The molecule has 0 amide bonds. The summed E-state index contributed by atoms with van der Waals surface area (Å²) in [6, 6.07) is 0. The summed E-state index contributed by atoms with van der Waals surface area (Å²) in [6.45, 7) is 2.70. The summed E-state index contributed by atoms with van der Waals surface area (Å²) in [5.41, 5.74) is 6.75. The van der Waals surface area contributed by atoms with E-state index in [0.29, 0.717) is 24.2 Å². The Morgan fingerprint density at radius 3 is 2.77 bits per heavy atom. The zero-order chi connectivity index (χ0) is 15.5. The zero-order valence-corrected chi connectivity index (χ0v) is 13.7. The van der Waals surface area contributed by atoms with Crippen molar-refractivity contribution in [3.05, 3.63) is 11.6 Å². The molecule has 0 aromatic rings. The van der Waals surface area contributed by atoms with Gasteiger partial charge in [0.05, 0.1) is 5.60 Å². The van der Waals surface area contributed by atoms with E-state index in [1.807, 2.05) is 6.08 Å². The molecule has 0 saturated heterocycles. The molecule has 0 spiro atoms. The Bertz CT molecular complexity index is 528. The molecule has 4 rings (SSSR count). The highest BCUT2D eigenvalue weighted by Gasteiger charge is 2.61. The van der Waals surface area contributed by atoms with Crippen LogP contribution in [-0.4, -0.2) is 23.0 Å². The first kappa shape index (κ1) is 14.9. The molecular weight excluding hydrogens is 274 g/mol. The first-order valence-electron chi connectivity index (χ1n) is 9.14. The number of fused-ring (bicyclic) bond motifs is 5. The average molecular weight is 303 g/mol. The first-order chi connectivity index (χ1) is 10.5. The van der Waals surface area contributed by atoms with Crippen molar-refractivity contribution >= 4 is 5.78 Å². The van der Waals surface area contributed by atoms with Gasteiger partial charge >= 0.3 is 0 Å². The minimum atomic E-state index is -0.652. The quantitative estimate of drug-likeness (QED) is 0.783. The van der Waals surface area contributed by atoms with Crippen molar-refractivity contribution in [1.82, 2.24) is 0 Å². The van der Waals surface area contributed by atoms with Gasteiger partial charge in [0.15, 0.2) is 5.78 Å². The van der Waals surface area contributed by atoms with Crippen molar-refractivity contribution in [3.8, 4) is 0 Å². The lowest BCUT2D eigenvalue weighted by Crippen LogP contribution is -2.55. The standard InChI is InChI=1S/C19H29NO2/c1-18-8-6-15-14-5-3-13(21)10-12(14)2-4-16(15)17(18)7-9-19(18,22)11-20/h10,14-17,22H,2-9,11,20H2,1H3/t14-,15+,16+,17-,18-,19+/m0/s1. The molecule has 4 aliphatic rings. The number of carbonyl (C=O) groups is 1. The van der Waals surface area contributed by atoms with E-state index in [9.17, 15) is 9.90 Å². The van der Waals surface area contributed by atoms with Crippen molar-refractivity contribution in [2.45, 2.75) is 63.9 Å². The summed E-state index contributed by atoms with van der Waals surface area (Å²) in [5.74, 6) is 3.08. The highest BCUT2D eigenvalue weighted by atomic mass is 16.3. The molecule has 0 radical (unpaired) electrons. The van der Waals surface area contributed by atoms with Gasteiger partial charge in [0.25, 0.3) is 0 Å². The van der Waals surface area contributed by atoms with Gasteiger partial charge < -0.3 is 10.8 Å². The van der Waals surface area contributed by atoms with Crippen LogP contribution < -0.4 is 5.73 Å². The van der Waals surface area contributed by atoms with E-state index < -0.39 is 5.60 Å². The number of carbonyl (C=O) groups excluding carboxylic acids is 1. The molecule has 0 heterocycles. The fourth-order valence-corrected chi connectivity index (χ4v) is 6.63. The fourth-order valence-electron chi connectivity index (χ4n) is 6.63. The lowest BCUT2D eigenvalue weighted by atomic mass is 9.50. The van der Waals surface area contributed by atoms with Crippen LogP contribution in [0.3, 0.4) is 0 Å². The lowest BCUT2D eigenvalue weighted by molar-refractivity contribution is -0.118. The number of rotatable bonds is 1. The van der Waals surface area contributed by atoms with Gasteiger partial charge in [-0.1, -0.05) is 12.5 Å². The normalized spacial score (nSPS) is 50.9. The third-order valence-electron chi connectivity index (χ3n) is 7.96. The van der Waals surface area contributed by atoms with Gasteiger partial charge in [-0.2, -0.15) is 0 Å². The summed E-state index contributed by atoms with van der Waals surface area (Å²) in [4.78, 5) is 11.7. The number of aliphatic hydroxyl groups is 1. The second-order valence-electron chi connectivity index (χ2n) is 8.53. The Kier molecular flexibility index (Phi) is 3.32. The van der Waals surface area contributed by atoms with Crippen LogP contribution in [0.15, 0.2) is 11.6 Å². The van der Waals surface area contributed by atoms with E-state index in [-0.39, 0.29) is 5.41 Å². The molecule has 122 valence electrons. The molecule has 0 aromatic carbocycles. The van der Waals surface area contributed by atoms with Crippen LogP contribution in [0.4, 0.5) is 0 Å². The van der Waals surface area contributed by atoms with Gasteiger partial charge in [-0.3, -0.25) is 4.79 Å². The number of nitrogens with two attached hydrogens (primary N) is 1. The van der Waals surface area contributed by atoms with Crippen LogP contribution in [0, 0.1) is 29.1 Å².